The lowest BCUT2D eigenvalue weighted by molar-refractivity contribution is -0.0976. The van der Waals surface area contributed by atoms with Crippen molar-refractivity contribution >= 4 is 11.6 Å². The van der Waals surface area contributed by atoms with E-state index in [1.54, 1.807) is 24.3 Å². The van der Waals surface area contributed by atoms with Gasteiger partial charge in [-0.25, -0.2) is 0 Å². The van der Waals surface area contributed by atoms with Crippen LogP contribution in [0, 0.1) is 0 Å². The molecule has 82 valence electrons. The number of hydrogen-bond donors (Lipinski definition) is 3. The summed E-state index contributed by atoms with van der Waals surface area (Å²) in [7, 11) is 0. The topological polar surface area (TPSA) is 52.5 Å². The van der Waals surface area contributed by atoms with E-state index < -0.39 is 11.7 Å². The number of halogens is 1. The van der Waals surface area contributed by atoms with Crippen LogP contribution in [0.3, 0.4) is 0 Å². The van der Waals surface area contributed by atoms with E-state index in [0.29, 0.717) is 24.5 Å². The molecule has 0 aromatic heterocycles. The highest BCUT2D eigenvalue weighted by Gasteiger charge is 2.39. The molecule has 2 rings (SSSR count). The van der Waals surface area contributed by atoms with Gasteiger partial charge >= 0.3 is 0 Å². The molecule has 2 atom stereocenters. The van der Waals surface area contributed by atoms with Crippen LogP contribution in [0.25, 0.3) is 0 Å². The average Bonchev–Trinajstić information content (AvgIpc) is 2.23. The molecule has 1 aromatic carbocycles. The lowest BCUT2D eigenvalue weighted by Gasteiger charge is -2.37. The van der Waals surface area contributed by atoms with E-state index in [9.17, 15) is 10.2 Å². The van der Waals surface area contributed by atoms with Crippen molar-refractivity contribution in [3.05, 3.63) is 34.9 Å². The zero-order chi connectivity index (χ0) is 10.9. The largest absolute Gasteiger partial charge is 0.388 e. The van der Waals surface area contributed by atoms with Gasteiger partial charge in [0.15, 0.2) is 0 Å². The van der Waals surface area contributed by atoms with Crippen LogP contribution >= 0.6 is 11.6 Å². The van der Waals surface area contributed by atoms with E-state index in [2.05, 4.69) is 5.32 Å². The SMILES string of the molecule is O[C@@H]1CNCC[C@]1(O)c1ccc(Cl)cc1. The normalized spacial score (nSPS) is 31.5. The van der Waals surface area contributed by atoms with E-state index in [0.717, 1.165) is 5.56 Å². The Kier molecular flexibility index (Phi) is 2.98. The van der Waals surface area contributed by atoms with Crippen molar-refractivity contribution in [2.24, 2.45) is 0 Å². The minimum Gasteiger partial charge on any atom is -0.388 e. The summed E-state index contributed by atoms with van der Waals surface area (Å²) < 4.78 is 0. The number of rotatable bonds is 1. The standard InChI is InChI=1S/C11H14ClNO2/c12-9-3-1-8(2-4-9)11(15)5-6-13-7-10(11)14/h1-4,10,13-15H,5-7H2/t10-,11+/m1/s1. The van der Waals surface area contributed by atoms with Gasteiger partial charge in [-0.1, -0.05) is 23.7 Å². The molecular weight excluding hydrogens is 214 g/mol. The number of aliphatic hydroxyl groups is 2. The highest BCUT2D eigenvalue weighted by atomic mass is 35.5. The van der Waals surface area contributed by atoms with Gasteiger partial charge in [0, 0.05) is 11.6 Å². The quantitative estimate of drug-likeness (QED) is 0.668. The van der Waals surface area contributed by atoms with Crippen molar-refractivity contribution in [1.29, 1.82) is 0 Å². The van der Waals surface area contributed by atoms with E-state index in [-0.39, 0.29) is 0 Å². The molecule has 1 heterocycles. The molecule has 1 fully saturated rings. The van der Waals surface area contributed by atoms with Gasteiger partial charge in [-0.3, -0.25) is 0 Å². The first-order valence-corrected chi connectivity index (χ1v) is 5.38. The number of hydrogen-bond acceptors (Lipinski definition) is 3. The first-order valence-electron chi connectivity index (χ1n) is 5.00. The van der Waals surface area contributed by atoms with E-state index in [1.165, 1.54) is 0 Å². The maximum Gasteiger partial charge on any atom is 0.118 e. The number of piperidine rings is 1. The maximum absolute atomic E-state index is 10.4. The van der Waals surface area contributed by atoms with Crippen LogP contribution < -0.4 is 5.32 Å². The summed E-state index contributed by atoms with van der Waals surface area (Å²) in [6, 6.07) is 6.97. The molecule has 1 aromatic rings. The van der Waals surface area contributed by atoms with Gasteiger partial charge in [0.2, 0.25) is 0 Å². The molecule has 0 bridgehead atoms. The van der Waals surface area contributed by atoms with Crippen molar-refractivity contribution in [3.63, 3.8) is 0 Å². The van der Waals surface area contributed by atoms with Gasteiger partial charge in [0.25, 0.3) is 0 Å². The summed E-state index contributed by atoms with van der Waals surface area (Å²) in [5.74, 6) is 0. The third-order valence-electron chi connectivity index (χ3n) is 2.92. The second kappa shape index (κ2) is 4.10. The van der Waals surface area contributed by atoms with Crippen LogP contribution in [-0.2, 0) is 5.60 Å². The molecule has 0 spiro atoms. The zero-order valence-electron chi connectivity index (χ0n) is 8.28. The summed E-state index contributed by atoms with van der Waals surface area (Å²) in [5, 5.41) is 23.8. The minimum atomic E-state index is -1.14. The van der Waals surface area contributed by atoms with Gasteiger partial charge in [0.05, 0.1) is 6.10 Å². The molecule has 1 saturated heterocycles. The van der Waals surface area contributed by atoms with Gasteiger partial charge in [-0.2, -0.15) is 0 Å². The fraction of sp³-hybridized carbons (Fsp3) is 0.455. The summed E-state index contributed by atoms with van der Waals surface area (Å²) in [6.07, 6.45) is -0.261. The van der Waals surface area contributed by atoms with Crippen LogP contribution in [0.4, 0.5) is 0 Å². The Balaban J connectivity index is 2.30. The first kappa shape index (κ1) is 10.9. The minimum absolute atomic E-state index is 0.416. The van der Waals surface area contributed by atoms with Crippen LogP contribution in [0.5, 0.6) is 0 Å². The predicted octanol–water partition coefficient (Wildman–Crippen LogP) is 0.882. The van der Waals surface area contributed by atoms with E-state index in [4.69, 9.17) is 11.6 Å². The van der Waals surface area contributed by atoms with E-state index >= 15 is 0 Å². The number of nitrogens with one attached hydrogen (secondary N) is 1. The van der Waals surface area contributed by atoms with Crippen molar-refractivity contribution in [3.8, 4) is 0 Å². The molecule has 0 amide bonds. The summed E-state index contributed by atoms with van der Waals surface area (Å²) in [5.41, 5.74) is -0.420. The average molecular weight is 228 g/mol. The zero-order valence-corrected chi connectivity index (χ0v) is 9.04. The highest BCUT2D eigenvalue weighted by Crippen LogP contribution is 2.31. The Hall–Kier alpha value is -0.610. The molecule has 0 unspecified atom stereocenters. The Morgan fingerprint density at radius 2 is 2.00 bits per heavy atom. The highest BCUT2D eigenvalue weighted by molar-refractivity contribution is 6.30. The molecule has 1 aliphatic rings. The third kappa shape index (κ3) is 2.01. The first-order chi connectivity index (χ1) is 7.13. The maximum atomic E-state index is 10.4. The van der Waals surface area contributed by atoms with Crippen molar-refractivity contribution in [2.45, 2.75) is 18.1 Å². The fourth-order valence-electron chi connectivity index (χ4n) is 1.93. The molecule has 15 heavy (non-hydrogen) atoms. The monoisotopic (exact) mass is 227 g/mol. The van der Waals surface area contributed by atoms with Gasteiger partial charge in [-0.15, -0.1) is 0 Å². The lowest BCUT2D eigenvalue weighted by atomic mass is 9.83. The van der Waals surface area contributed by atoms with Gasteiger partial charge < -0.3 is 15.5 Å². The van der Waals surface area contributed by atoms with Crippen LogP contribution in [0.2, 0.25) is 5.02 Å². The van der Waals surface area contributed by atoms with Crippen LogP contribution in [0.15, 0.2) is 24.3 Å². The van der Waals surface area contributed by atoms with Crippen molar-refractivity contribution < 1.29 is 10.2 Å². The molecule has 3 nitrogen and oxygen atoms in total. The fourth-order valence-corrected chi connectivity index (χ4v) is 2.05. The molecule has 0 saturated carbocycles. The Morgan fingerprint density at radius 1 is 1.33 bits per heavy atom. The molecular formula is C11H14ClNO2. The predicted molar refractivity (Wildman–Crippen MR) is 58.8 cm³/mol. The Labute approximate surface area is 93.7 Å². The molecule has 0 aliphatic carbocycles. The summed E-state index contributed by atoms with van der Waals surface area (Å²) in [6.45, 7) is 1.12. The van der Waals surface area contributed by atoms with Crippen molar-refractivity contribution in [2.75, 3.05) is 13.1 Å². The lowest BCUT2D eigenvalue weighted by Crippen LogP contribution is -2.51. The van der Waals surface area contributed by atoms with Crippen LogP contribution in [0.1, 0.15) is 12.0 Å². The van der Waals surface area contributed by atoms with E-state index in [1.807, 2.05) is 0 Å². The Morgan fingerprint density at radius 3 is 2.60 bits per heavy atom. The molecule has 4 heteroatoms. The number of aliphatic hydroxyl groups excluding tert-OH is 1. The number of β-amino-alcohol motifs (C(OH)–C–C–N with tert-alkyl or cyclic N) is 1. The summed E-state index contributed by atoms with van der Waals surface area (Å²) in [4.78, 5) is 0. The summed E-state index contributed by atoms with van der Waals surface area (Å²) >= 11 is 5.78. The molecule has 1 aliphatic heterocycles. The molecule has 0 radical (unpaired) electrons. The molecule has 3 N–H and O–H groups in total. The number of benzene rings is 1. The second-order valence-electron chi connectivity index (χ2n) is 3.90. The Bertz CT molecular complexity index is 341. The van der Waals surface area contributed by atoms with Crippen molar-refractivity contribution in [1.82, 2.24) is 5.32 Å². The second-order valence-corrected chi connectivity index (χ2v) is 4.34. The van der Waals surface area contributed by atoms with Crippen LogP contribution in [-0.4, -0.2) is 29.4 Å². The van der Waals surface area contributed by atoms with Gasteiger partial charge in [-0.05, 0) is 30.7 Å². The van der Waals surface area contributed by atoms with Gasteiger partial charge in [0.1, 0.15) is 5.60 Å². The third-order valence-corrected chi connectivity index (χ3v) is 3.17. The smallest absolute Gasteiger partial charge is 0.118 e.